The van der Waals surface area contributed by atoms with Crippen molar-refractivity contribution >= 4 is 22.9 Å². The summed E-state index contributed by atoms with van der Waals surface area (Å²) in [6, 6.07) is 4.01. The first kappa shape index (κ1) is 14.6. The van der Waals surface area contributed by atoms with Crippen molar-refractivity contribution in [1.29, 1.82) is 0 Å². The summed E-state index contributed by atoms with van der Waals surface area (Å²) < 4.78 is 2.90. The van der Waals surface area contributed by atoms with Crippen LogP contribution in [-0.4, -0.2) is 16.3 Å². The molecule has 104 valence electrons. The SMILES string of the molecule is CCCNCc1c(C)nn(Cc2ccc(Cl)s2)c1C. The molecule has 19 heavy (non-hydrogen) atoms. The lowest BCUT2D eigenvalue weighted by atomic mass is 10.2. The highest BCUT2D eigenvalue weighted by Gasteiger charge is 2.11. The highest BCUT2D eigenvalue weighted by atomic mass is 35.5. The average molecular weight is 298 g/mol. The summed E-state index contributed by atoms with van der Waals surface area (Å²) in [5.41, 5.74) is 3.67. The van der Waals surface area contributed by atoms with E-state index in [1.807, 2.05) is 6.07 Å². The smallest absolute Gasteiger partial charge is 0.0931 e. The Labute approximate surface area is 123 Å². The van der Waals surface area contributed by atoms with Gasteiger partial charge in [0.25, 0.3) is 0 Å². The third-order valence-corrected chi connectivity index (χ3v) is 4.41. The van der Waals surface area contributed by atoms with Crippen LogP contribution in [0, 0.1) is 13.8 Å². The first-order chi connectivity index (χ1) is 9.11. The lowest BCUT2D eigenvalue weighted by Gasteiger charge is -2.05. The second-order valence-corrected chi connectivity index (χ2v) is 6.49. The van der Waals surface area contributed by atoms with Crippen LogP contribution < -0.4 is 5.32 Å². The number of halogens is 1. The van der Waals surface area contributed by atoms with E-state index in [-0.39, 0.29) is 0 Å². The Hall–Kier alpha value is -0.840. The Balaban J connectivity index is 2.11. The number of hydrogen-bond acceptors (Lipinski definition) is 3. The molecule has 0 radical (unpaired) electrons. The molecular formula is C14H20ClN3S. The molecule has 0 aromatic carbocycles. The molecule has 5 heteroatoms. The van der Waals surface area contributed by atoms with Crippen LogP contribution in [0.5, 0.6) is 0 Å². The largest absolute Gasteiger partial charge is 0.313 e. The van der Waals surface area contributed by atoms with Crippen LogP contribution in [0.15, 0.2) is 12.1 Å². The number of thiophene rings is 1. The number of nitrogens with one attached hydrogen (secondary N) is 1. The summed E-state index contributed by atoms with van der Waals surface area (Å²) in [7, 11) is 0. The van der Waals surface area contributed by atoms with E-state index in [9.17, 15) is 0 Å². The molecular weight excluding hydrogens is 278 g/mol. The van der Waals surface area contributed by atoms with Gasteiger partial charge in [-0.15, -0.1) is 11.3 Å². The van der Waals surface area contributed by atoms with Crippen molar-refractivity contribution in [2.24, 2.45) is 0 Å². The van der Waals surface area contributed by atoms with E-state index < -0.39 is 0 Å². The minimum absolute atomic E-state index is 0.803. The number of aryl methyl sites for hydroxylation is 1. The molecule has 0 unspecified atom stereocenters. The standard InChI is InChI=1S/C14H20ClN3S/c1-4-7-16-8-13-10(2)17-18(11(13)3)9-12-5-6-14(15)19-12/h5-6,16H,4,7-9H2,1-3H3. The fourth-order valence-electron chi connectivity index (χ4n) is 2.12. The van der Waals surface area contributed by atoms with Crippen molar-refractivity contribution in [3.05, 3.63) is 38.3 Å². The van der Waals surface area contributed by atoms with Crippen LogP contribution in [-0.2, 0) is 13.1 Å². The third kappa shape index (κ3) is 3.59. The predicted octanol–water partition coefficient (Wildman–Crippen LogP) is 3.76. The summed E-state index contributed by atoms with van der Waals surface area (Å²) in [5, 5.41) is 8.08. The first-order valence-electron chi connectivity index (χ1n) is 6.59. The molecule has 2 aromatic rings. The molecule has 3 nitrogen and oxygen atoms in total. The quantitative estimate of drug-likeness (QED) is 0.823. The van der Waals surface area contributed by atoms with Crippen molar-refractivity contribution in [2.45, 2.75) is 40.3 Å². The minimum Gasteiger partial charge on any atom is -0.313 e. The van der Waals surface area contributed by atoms with E-state index in [0.29, 0.717) is 0 Å². The molecule has 0 spiro atoms. The van der Waals surface area contributed by atoms with E-state index in [4.69, 9.17) is 11.6 Å². The number of rotatable bonds is 6. The Morgan fingerprint density at radius 2 is 2.16 bits per heavy atom. The maximum absolute atomic E-state index is 5.97. The summed E-state index contributed by atoms with van der Waals surface area (Å²) in [6.45, 7) is 9.14. The van der Waals surface area contributed by atoms with Crippen LogP contribution in [0.3, 0.4) is 0 Å². The van der Waals surface area contributed by atoms with E-state index in [2.05, 4.69) is 41.9 Å². The second kappa shape index (κ2) is 6.55. The van der Waals surface area contributed by atoms with Gasteiger partial charge in [0.15, 0.2) is 0 Å². The average Bonchev–Trinajstić information content (AvgIpc) is 2.88. The van der Waals surface area contributed by atoms with Crippen LogP contribution in [0.2, 0.25) is 4.34 Å². The summed E-state index contributed by atoms with van der Waals surface area (Å²) in [6.07, 6.45) is 1.15. The zero-order valence-corrected chi connectivity index (χ0v) is 13.2. The van der Waals surface area contributed by atoms with Crippen LogP contribution in [0.1, 0.15) is 35.2 Å². The highest BCUT2D eigenvalue weighted by molar-refractivity contribution is 7.16. The van der Waals surface area contributed by atoms with Crippen LogP contribution in [0.4, 0.5) is 0 Å². The summed E-state index contributed by atoms with van der Waals surface area (Å²) in [4.78, 5) is 1.24. The predicted molar refractivity (Wildman–Crippen MR) is 82.1 cm³/mol. The lowest BCUT2D eigenvalue weighted by molar-refractivity contribution is 0.655. The van der Waals surface area contributed by atoms with Gasteiger partial charge in [0.1, 0.15) is 0 Å². The molecule has 0 aliphatic carbocycles. The van der Waals surface area contributed by atoms with Gasteiger partial charge in [0, 0.05) is 22.7 Å². The van der Waals surface area contributed by atoms with E-state index in [0.717, 1.165) is 36.1 Å². The van der Waals surface area contributed by atoms with Crippen molar-refractivity contribution < 1.29 is 0 Å². The van der Waals surface area contributed by atoms with Gasteiger partial charge in [-0.2, -0.15) is 5.10 Å². The molecule has 0 saturated carbocycles. The van der Waals surface area contributed by atoms with E-state index in [1.54, 1.807) is 11.3 Å². The molecule has 2 aromatic heterocycles. The monoisotopic (exact) mass is 297 g/mol. The molecule has 0 aliphatic heterocycles. The molecule has 0 saturated heterocycles. The molecule has 0 aliphatic rings. The molecule has 2 heterocycles. The Kier molecular flexibility index (Phi) is 5.02. The number of nitrogens with zero attached hydrogens (tertiary/aromatic N) is 2. The van der Waals surface area contributed by atoms with Crippen molar-refractivity contribution in [1.82, 2.24) is 15.1 Å². The van der Waals surface area contributed by atoms with Crippen molar-refractivity contribution in [2.75, 3.05) is 6.54 Å². The van der Waals surface area contributed by atoms with Gasteiger partial charge in [-0.25, -0.2) is 0 Å². The molecule has 1 N–H and O–H groups in total. The van der Waals surface area contributed by atoms with Gasteiger partial charge in [-0.05, 0) is 38.9 Å². The van der Waals surface area contributed by atoms with Gasteiger partial charge < -0.3 is 5.32 Å². The van der Waals surface area contributed by atoms with Crippen molar-refractivity contribution in [3.63, 3.8) is 0 Å². The van der Waals surface area contributed by atoms with Gasteiger partial charge in [0.2, 0.25) is 0 Å². The minimum atomic E-state index is 0.803. The summed E-state index contributed by atoms with van der Waals surface area (Å²) in [5.74, 6) is 0. The zero-order chi connectivity index (χ0) is 13.8. The molecule has 0 bridgehead atoms. The van der Waals surface area contributed by atoms with Gasteiger partial charge >= 0.3 is 0 Å². The zero-order valence-electron chi connectivity index (χ0n) is 11.7. The summed E-state index contributed by atoms with van der Waals surface area (Å²) >= 11 is 7.58. The normalized spacial score (nSPS) is 11.2. The number of aromatic nitrogens is 2. The van der Waals surface area contributed by atoms with Crippen LogP contribution in [0.25, 0.3) is 0 Å². The topological polar surface area (TPSA) is 29.9 Å². The Morgan fingerprint density at radius 3 is 2.79 bits per heavy atom. The first-order valence-corrected chi connectivity index (χ1v) is 7.79. The Morgan fingerprint density at radius 1 is 1.37 bits per heavy atom. The van der Waals surface area contributed by atoms with E-state index in [1.165, 1.54) is 16.1 Å². The van der Waals surface area contributed by atoms with Crippen LogP contribution >= 0.6 is 22.9 Å². The maximum atomic E-state index is 5.97. The second-order valence-electron chi connectivity index (χ2n) is 4.69. The van der Waals surface area contributed by atoms with Gasteiger partial charge in [-0.1, -0.05) is 18.5 Å². The molecule has 0 amide bonds. The third-order valence-electron chi connectivity index (χ3n) is 3.19. The Bertz CT molecular complexity index is 545. The molecule has 0 fully saturated rings. The maximum Gasteiger partial charge on any atom is 0.0931 e. The highest BCUT2D eigenvalue weighted by Crippen LogP contribution is 2.23. The van der Waals surface area contributed by atoms with Gasteiger partial charge in [-0.3, -0.25) is 4.68 Å². The van der Waals surface area contributed by atoms with E-state index >= 15 is 0 Å². The number of hydrogen-bond donors (Lipinski definition) is 1. The van der Waals surface area contributed by atoms with Gasteiger partial charge in [0.05, 0.1) is 16.6 Å². The molecule has 2 rings (SSSR count). The fraction of sp³-hybridized carbons (Fsp3) is 0.500. The van der Waals surface area contributed by atoms with Crippen molar-refractivity contribution in [3.8, 4) is 0 Å². The lowest BCUT2D eigenvalue weighted by Crippen LogP contribution is -2.15. The fourth-order valence-corrected chi connectivity index (χ4v) is 3.19. The molecule has 0 atom stereocenters.